The first-order valence-corrected chi connectivity index (χ1v) is 10.1. The van der Waals surface area contributed by atoms with Crippen LogP contribution < -0.4 is 0 Å². The molecule has 0 bridgehead atoms. The minimum atomic E-state index is -0.399. The number of benzene rings is 2. The van der Waals surface area contributed by atoms with Crippen molar-refractivity contribution in [3.05, 3.63) is 81.5 Å². The van der Waals surface area contributed by atoms with Crippen LogP contribution in [0.25, 0.3) is 0 Å². The van der Waals surface area contributed by atoms with Crippen LogP contribution in [0.1, 0.15) is 55.7 Å². The first kappa shape index (κ1) is 21.1. The van der Waals surface area contributed by atoms with Gasteiger partial charge in [0.05, 0.1) is 19.2 Å². The zero-order valence-corrected chi connectivity index (χ0v) is 18.0. The van der Waals surface area contributed by atoms with E-state index in [1.807, 2.05) is 37.3 Å². The Morgan fingerprint density at radius 2 is 1.90 bits per heavy atom. The summed E-state index contributed by atoms with van der Waals surface area (Å²) in [6.45, 7) is 6.45. The molecule has 0 spiro atoms. The van der Waals surface area contributed by atoms with Crippen molar-refractivity contribution in [2.24, 2.45) is 0 Å². The second-order valence-corrected chi connectivity index (χ2v) is 8.11. The average molecular weight is 412 g/mol. The number of amides is 1. The lowest BCUT2D eigenvalue weighted by Gasteiger charge is -2.34. The fourth-order valence-electron chi connectivity index (χ4n) is 3.79. The number of hydrogen-bond acceptors (Lipinski definition) is 3. The lowest BCUT2D eigenvalue weighted by Crippen LogP contribution is -2.37. The van der Waals surface area contributed by atoms with Gasteiger partial charge in [-0.1, -0.05) is 61.8 Å². The monoisotopic (exact) mass is 411 g/mol. The normalized spacial score (nSPS) is 17.1. The molecule has 1 amide bonds. The van der Waals surface area contributed by atoms with Crippen LogP contribution in [0.15, 0.2) is 59.8 Å². The minimum Gasteiger partial charge on any atom is -0.466 e. The van der Waals surface area contributed by atoms with Crippen molar-refractivity contribution in [2.75, 3.05) is 7.11 Å². The van der Waals surface area contributed by atoms with Crippen LogP contribution >= 0.6 is 11.6 Å². The van der Waals surface area contributed by atoms with Crippen LogP contribution in [0, 0.1) is 0 Å². The first-order chi connectivity index (χ1) is 13.8. The summed E-state index contributed by atoms with van der Waals surface area (Å²) in [5.74, 6) is -0.313. The van der Waals surface area contributed by atoms with Crippen LogP contribution in [0.4, 0.5) is 0 Å². The quantitative estimate of drug-likeness (QED) is 0.616. The van der Waals surface area contributed by atoms with Crippen molar-refractivity contribution in [1.82, 2.24) is 4.90 Å². The Morgan fingerprint density at radius 1 is 1.21 bits per heavy atom. The van der Waals surface area contributed by atoms with Gasteiger partial charge in [0.15, 0.2) is 0 Å². The van der Waals surface area contributed by atoms with Gasteiger partial charge in [0.2, 0.25) is 5.91 Å². The lowest BCUT2D eigenvalue weighted by atomic mass is 9.83. The number of ether oxygens (including phenoxy) is 1. The van der Waals surface area contributed by atoms with Gasteiger partial charge in [-0.2, -0.15) is 0 Å². The maximum absolute atomic E-state index is 13.0. The third kappa shape index (κ3) is 4.54. The van der Waals surface area contributed by atoms with Gasteiger partial charge >= 0.3 is 5.97 Å². The molecular formula is C24H26ClNO3. The van der Waals surface area contributed by atoms with E-state index in [4.69, 9.17) is 16.3 Å². The molecule has 0 saturated heterocycles. The average Bonchev–Trinajstić information content (AvgIpc) is 2.70. The smallest absolute Gasteiger partial charge is 0.336 e. The predicted molar refractivity (Wildman–Crippen MR) is 115 cm³/mol. The van der Waals surface area contributed by atoms with Gasteiger partial charge in [0.25, 0.3) is 0 Å². The molecule has 2 aromatic carbocycles. The van der Waals surface area contributed by atoms with Gasteiger partial charge in [-0.25, -0.2) is 4.79 Å². The molecule has 0 N–H and O–H groups in total. The summed E-state index contributed by atoms with van der Waals surface area (Å²) in [4.78, 5) is 27.3. The molecule has 0 aliphatic carbocycles. The standard InChI is InChI=1S/C24H26ClNO3/c1-15(2)18-8-10-19(11-9-18)21-13-22(27)26(16(3)23(21)24(28)29-4)14-17-6-5-7-20(25)12-17/h5-12,15,21H,13-14H2,1-4H3/t21-/m0/s1. The molecule has 0 saturated carbocycles. The molecule has 1 heterocycles. The van der Waals surface area contributed by atoms with Crippen molar-refractivity contribution in [1.29, 1.82) is 0 Å². The number of halogens is 1. The van der Waals surface area contributed by atoms with E-state index in [0.717, 1.165) is 11.1 Å². The summed E-state index contributed by atoms with van der Waals surface area (Å²) in [6.07, 6.45) is 0.226. The maximum Gasteiger partial charge on any atom is 0.336 e. The summed E-state index contributed by atoms with van der Waals surface area (Å²) in [5.41, 5.74) is 4.25. The second-order valence-electron chi connectivity index (χ2n) is 7.68. The molecule has 1 atom stereocenters. The molecule has 0 aromatic heterocycles. The molecule has 29 heavy (non-hydrogen) atoms. The Bertz CT molecular complexity index is 947. The summed E-state index contributed by atoms with van der Waals surface area (Å²) < 4.78 is 5.07. The molecule has 0 radical (unpaired) electrons. The Labute approximate surface area is 177 Å². The van der Waals surface area contributed by atoms with E-state index in [1.165, 1.54) is 12.7 Å². The number of nitrogens with zero attached hydrogens (tertiary/aromatic N) is 1. The largest absolute Gasteiger partial charge is 0.466 e. The molecule has 0 fully saturated rings. The predicted octanol–water partition coefficient (Wildman–Crippen LogP) is 5.43. The van der Waals surface area contributed by atoms with Crippen LogP contribution in [-0.2, 0) is 20.9 Å². The molecule has 4 nitrogen and oxygen atoms in total. The molecule has 152 valence electrons. The summed E-state index contributed by atoms with van der Waals surface area (Å²) in [5, 5.41) is 0.616. The highest BCUT2D eigenvalue weighted by Crippen LogP contribution is 2.38. The van der Waals surface area contributed by atoms with E-state index in [1.54, 1.807) is 11.0 Å². The van der Waals surface area contributed by atoms with Gasteiger partial charge in [-0.15, -0.1) is 0 Å². The molecular weight excluding hydrogens is 386 g/mol. The van der Waals surface area contributed by atoms with Gasteiger partial charge in [0.1, 0.15) is 0 Å². The molecule has 2 aromatic rings. The summed E-state index contributed by atoms with van der Waals surface area (Å²) >= 11 is 6.09. The zero-order valence-electron chi connectivity index (χ0n) is 17.2. The number of allylic oxidation sites excluding steroid dienone is 1. The van der Waals surface area contributed by atoms with Crippen LogP contribution in [0.3, 0.4) is 0 Å². The Morgan fingerprint density at radius 3 is 2.48 bits per heavy atom. The van der Waals surface area contributed by atoms with E-state index < -0.39 is 5.97 Å². The van der Waals surface area contributed by atoms with Gasteiger partial charge in [0, 0.05) is 23.1 Å². The van der Waals surface area contributed by atoms with Crippen LogP contribution in [0.5, 0.6) is 0 Å². The third-order valence-electron chi connectivity index (χ3n) is 5.46. The maximum atomic E-state index is 13.0. The Hall–Kier alpha value is -2.59. The third-order valence-corrected chi connectivity index (χ3v) is 5.70. The highest BCUT2D eigenvalue weighted by molar-refractivity contribution is 6.30. The van der Waals surface area contributed by atoms with Crippen LogP contribution in [-0.4, -0.2) is 23.9 Å². The van der Waals surface area contributed by atoms with Crippen molar-refractivity contribution in [3.63, 3.8) is 0 Å². The minimum absolute atomic E-state index is 0.0203. The number of hydrogen-bond donors (Lipinski definition) is 0. The van der Waals surface area contributed by atoms with Gasteiger partial charge in [-0.3, -0.25) is 4.79 Å². The number of carbonyl (C=O) groups is 2. The van der Waals surface area contributed by atoms with Crippen LogP contribution in [0.2, 0.25) is 5.02 Å². The Balaban J connectivity index is 2.00. The highest BCUT2D eigenvalue weighted by atomic mass is 35.5. The lowest BCUT2D eigenvalue weighted by molar-refractivity contribution is -0.138. The molecule has 1 aliphatic heterocycles. The van der Waals surface area contributed by atoms with Crippen molar-refractivity contribution >= 4 is 23.5 Å². The number of carbonyl (C=O) groups excluding carboxylic acids is 2. The molecule has 0 unspecified atom stereocenters. The topological polar surface area (TPSA) is 46.6 Å². The van der Waals surface area contributed by atoms with E-state index in [0.29, 0.717) is 28.8 Å². The van der Waals surface area contributed by atoms with Crippen molar-refractivity contribution in [3.8, 4) is 0 Å². The SMILES string of the molecule is COC(=O)C1=C(C)N(Cc2cccc(Cl)c2)C(=O)C[C@H]1c1ccc(C(C)C)cc1. The number of rotatable bonds is 5. The second kappa shape index (κ2) is 8.83. The van der Waals surface area contributed by atoms with E-state index >= 15 is 0 Å². The summed E-state index contributed by atoms with van der Waals surface area (Å²) in [7, 11) is 1.37. The van der Waals surface area contributed by atoms with Crippen molar-refractivity contribution < 1.29 is 14.3 Å². The summed E-state index contributed by atoms with van der Waals surface area (Å²) in [6, 6.07) is 15.5. The zero-order chi connectivity index (χ0) is 21.1. The number of methoxy groups -OCH3 is 1. The van der Waals surface area contributed by atoms with E-state index in [-0.39, 0.29) is 18.2 Å². The fraction of sp³-hybridized carbons (Fsp3) is 0.333. The van der Waals surface area contributed by atoms with Gasteiger partial charge < -0.3 is 9.64 Å². The van der Waals surface area contributed by atoms with Gasteiger partial charge in [-0.05, 0) is 41.7 Å². The van der Waals surface area contributed by atoms with E-state index in [9.17, 15) is 9.59 Å². The Kier molecular flexibility index (Phi) is 6.43. The highest BCUT2D eigenvalue weighted by Gasteiger charge is 2.36. The molecule has 5 heteroatoms. The fourth-order valence-corrected chi connectivity index (χ4v) is 4.01. The molecule has 1 aliphatic rings. The number of esters is 1. The van der Waals surface area contributed by atoms with Crippen molar-refractivity contribution in [2.45, 2.75) is 45.6 Å². The molecule has 3 rings (SSSR count). The van der Waals surface area contributed by atoms with E-state index in [2.05, 4.69) is 26.0 Å². The first-order valence-electron chi connectivity index (χ1n) is 9.75.